The third-order valence-corrected chi connectivity index (χ3v) is 5.69. The van der Waals surface area contributed by atoms with E-state index < -0.39 is 0 Å². The third-order valence-electron chi connectivity index (χ3n) is 4.71. The van der Waals surface area contributed by atoms with Gasteiger partial charge in [-0.1, -0.05) is 23.9 Å². The van der Waals surface area contributed by atoms with E-state index in [4.69, 9.17) is 13.9 Å². The first-order valence-corrected chi connectivity index (χ1v) is 10.5. The van der Waals surface area contributed by atoms with Gasteiger partial charge in [-0.15, -0.1) is 0 Å². The zero-order valence-corrected chi connectivity index (χ0v) is 17.1. The summed E-state index contributed by atoms with van der Waals surface area (Å²) in [5.41, 5.74) is 1.01. The van der Waals surface area contributed by atoms with Crippen molar-refractivity contribution in [3.05, 3.63) is 77.0 Å². The zero-order chi connectivity index (χ0) is 21.2. The number of thioether (sulfide) groups is 1. The zero-order valence-electron chi connectivity index (χ0n) is 16.2. The molecule has 1 aliphatic rings. The summed E-state index contributed by atoms with van der Waals surface area (Å²) in [4.78, 5) is 30.2. The number of carbonyl (C=O) groups excluding carboxylic acids is 1. The highest BCUT2D eigenvalue weighted by Gasteiger charge is 2.16. The van der Waals surface area contributed by atoms with Crippen LogP contribution in [-0.4, -0.2) is 28.0 Å². The number of para-hydroxylation sites is 1. The van der Waals surface area contributed by atoms with Gasteiger partial charge < -0.3 is 19.2 Å². The molecule has 0 saturated heterocycles. The van der Waals surface area contributed by atoms with Gasteiger partial charge >= 0.3 is 0 Å². The highest BCUT2D eigenvalue weighted by atomic mass is 32.2. The van der Waals surface area contributed by atoms with E-state index in [0.29, 0.717) is 39.0 Å². The lowest BCUT2D eigenvalue weighted by Gasteiger charge is -2.12. The Bertz CT molecular complexity index is 1320. The Morgan fingerprint density at radius 3 is 2.84 bits per heavy atom. The van der Waals surface area contributed by atoms with Crippen LogP contribution < -0.4 is 20.3 Å². The molecule has 2 aromatic heterocycles. The first-order valence-electron chi connectivity index (χ1n) is 9.51. The Morgan fingerprint density at radius 1 is 1.10 bits per heavy atom. The van der Waals surface area contributed by atoms with Crippen LogP contribution in [0.1, 0.15) is 5.76 Å². The smallest absolute Gasteiger partial charge is 0.262 e. The molecular formula is C22H17N3O5S. The summed E-state index contributed by atoms with van der Waals surface area (Å²) in [6.45, 7) is 0.402. The van der Waals surface area contributed by atoms with Crippen LogP contribution in [0, 0.1) is 0 Å². The van der Waals surface area contributed by atoms with Crippen LogP contribution in [0.4, 0.5) is 5.69 Å². The third kappa shape index (κ3) is 3.99. The molecule has 2 aromatic carbocycles. The standard InChI is InChI=1S/C22H17N3O5S/c26-20(23-14-7-8-18-19(10-14)30-13-29-18)12-31-22-24-17-6-2-1-5-16(17)21(27)25(22)11-15-4-3-9-28-15/h1-10H,11-13H2,(H,23,26). The summed E-state index contributed by atoms with van der Waals surface area (Å²) in [5.74, 6) is 1.72. The van der Waals surface area contributed by atoms with Crippen molar-refractivity contribution < 1.29 is 18.7 Å². The summed E-state index contributed by atoms with van der Waals surface area (Å²) >= 11 is 1.19. The van der Waals surface area contributed by atoms with Crippen molar-refractivity contribution in [3.63, 3.8) is 0 Å². The predicted octanol–water partition coefficient (Wildman–Crippen LogP) is 3.50. The number of furan rings is 1. The minimum atomic E-state index is -0.226. The summed E-state index contributed by atoms with van der Waals surface area (Å²) in [6, 6.07) is 15.9. The fourth-order valence-electron chi connectivity index (χ4n) is 3.26. The second-order valence-electron chi connectivity index (χ2n) is 6.79. The van der Waals surface area contributed by atoms with E-state index in [0.717, 1.165) is 0 Å². The van der Waals surface area contributed by atoms with E-state index in [9.17, 15) is 9.59 Å². The van der Waals surface area contributed by atoms with E-state index in [-0.39, 0.29) is 30.6 Å². The van der Waals surface area contributed by atoms with Crippen molar-refractivity contribution in [2.24, 2.45) is 0 Å². The molecule has 0 saturated carbocycles. The molecule has 0 fully saturated rings. The van der Waals surface area contributed by atoms with Crippen molar-refractivity contribution in [2.75, 3.05) is 17.9 Å². The Morgan fingerprint density at radius 2 is 1.97 bits per heavy atom. The van der Waals surface area contributed by atoms with E-state index in [1.165, 1.54) is 16.3 Å². The Balaban J connectivity index is 1.37. The van der Waals surface area contributed by atoms with Crippen LogP contribution in [-0.2, 0) is 11.3 Å². The molecule has 0 atom stereocenters. The molecule has 0 unspecified atom stereocenters. The lowest BCUT2D eigenvalue weighted by molar-refractivity contribution is -0.113. The topological polar surface area (TPSA) is 95.6 Å². The number of fused-ring (bicyclic) bond motifs is 2. The van der Waals surface area contributed by atoms with E-state index in [1.54, 1.807) is 54.8 Å². The summed E-state index contributed by atoms with van der Waals surface area (Å²) in [7, 11) is 0. The number of ether oxygens (including phenoxy) is 2. The molecule has 1 amide bonds. The average Bonchev–Trinajstić information content (AvgIpc) is 3.46. The maximum atomic E-state index is 13.1. The predicted molar refractivity (Wildman–Crippen MR) is 116 cm³/mol. The maximum absolute atomic E-state index is 13.1. The van der Waals surface area contributed by atoms with Gasteiger partial charge in [0.2, 0.25) is 12.7 Å². The van der Waals surface area contributed by atoms with E-state index in [1.807, 2.05) is 6.07 Å². The van der Waals surface area contributed by atoms with Crippen LogP contribution in [0.15, 0.2) is 75.2 Å². The highest BCUT2D eigenvalue weighted by Crippen LogP contribution is 2.34. The van der Waals surface area contributed by atoms with Crippen molar-refractivity contribution in [3.8, 4) is 11.5 Å². The molecule has 1 aliphatic heterocycles. The Hall–Kier alpha value is -3.72. The van der Waals surface area contributed by atoms with Gasteiger partial charge in [-0.2, -0.15) is 0 Å². The lowest BCUT2D eigenvalue weighted by Crippen LogP contribution is -2.24. The minimum absolute atomic E-state index is 0.0807. The minimum Gasteiger partial charge on any atom is -0.467 e. The van der Waals surface area contributed by atoms with Crippen molar-refractivity contribution >= 4 is 34.3 Å². The number of anilines is 1. The number of hydrogen-bond acceptors (Lipinski definition) is 7. The second-order valence-corrected chi connectivity index (χ2v) is 7.73. The van der Waals surface area contributed by atoms with Gasteiger partial charge in [-0.25, -0.2) is 4.98 Å². The monoisotopic (exact) mass is 435 g/mol. The van der Waals surface area contributed by atoms with Crippen LogP contribution in [0.3, 0.4) is 0 Å². The van der Waals surface area contributed by atoms with Gasteiger partial charge in [-0.05, 0) is 36.4 Å². The molecule has 156 valence electrons. The molecule has 9 heteroatoms. The van der Waals surface area contributed by atoms with Gasteiger partial charge in [0.25, 0.3) is 5.56 Å². The Kier molecular flexibility index (Phi) is 5.09. The molecule has 5 rings (SSSR count). The van der Waals surface area contributed by atoms with Crippen LogP contribution in [0.25, 0.3) is 10.9 Å². The van der Waals surface area contributed by atoms with E-state index >= 15 is 0 Å². The SMILES string of the molecule is O=C(CSc1nc2ccccc2c(=O)n1Cc1ccco1)Nc1ccc2c(c1)OCO2. The lowest BCUT2D eigenvalue weighted by atomic mass is 10.2. The van der Waals surface area contributed by atoms with Gasteiger partial charge in [0.15, 0.2) is 16.7 Å². The normalized spacial score (nSPS) is 12.3. The van der Waals surface area contributed by atoms with Gasteiger partial charge in [-0.3, -0.25) is 14.2 Å². The number of nitrogens with one attached hydrogen (secondary N) is 1. The molecule has 4 aromatic rings. The van der Waals surface area contributed by atoms with Gasteiger partial charge in [0, 0.05) is 11.8 Å². The number of carbonyl (C=O) groups is 1. The van der Waals surface area contributed by atoms with E-state index in [2.05, 4.69) is 10.3 Å². The highest BCUT2D eigenvalue weighted by molar-refractivity contribution is 7.99. The summed E-state index contributed by atoms with van der Waals surface area (Å²) in [6.07, 6.45) is 1.56. The van der Waals surface area contributed by atoms with Crippen molar-refractivity contribution in [1.29, 1.82) is 0 Å². The molecule has 0 bridgehead atoms. The molecule has 31 heavy (non-hydrogen) atoms. The van der Waals surface area contributed by atoms with Gasteiger partial charge in [0.05, 0.1) is 29.5 Å². The quantitative estimate of drug-likeness (QED) is 0.366. The molecule has 1 N–H and O–H groups in total. The fraction of sp³-hybridized carbons (Fsp3) is 0.136. The number of rotatable bonds is 6. The fourth-order valence-corrected chi connectivity index (χ4v) is 4.06. The maximum Gasteiger partial charge on any atom is 0.262 e. The first-order chi connectivity index (χ1) is 15.2. The largest absolute Gasteiger partial charge is 0.467 e. The molecule has 8 nitrogen and oxygen atoms in total. The van der Waals surface area contributed by atoms with Crippen molar-refractivity contribution in [1.82, 2.24) is 9.55 Å². The van der Waals surface area contributed by atoms with Crippen LogP contribution in [0.5, 0.6) is 11.5 Å². The number of amides is 1. The molecular weight excluding hydrogens is 418 g/mol. The number of nitrogens with zero attached hydrogens (tertiary/aromatic N) is 2. The van der Waals surface area contributed by atoms with Gasteiger partial charge in [0.1, 0.15) is 5.76 Å². The number of aromatic nitrogens is 2. The number of hydrogen-bond donors (Lipinski definition) is 1. The number of benzene rings is 2. The first kappa shape index (κ1) is 19.3. The molecule has 3 heterocycles. The van der Waals surface area contributed by atoms with Crippen LogP contribution in [0.2, 0.25) is 0 Å². The van der Waals surface area contributed by atoms with Crippen molar-refractivity contribution in [2.45, 2.75) is 11.7 Å². The molecule has 0 spiro atoms. The summed E-state index contributed by atoms with van der Waals surface area (Å²) in [5, 5.41) is 3.79. The summed E-state index contributed by atoms with van der Waals surface area (Å²) < 4.78 is 17.5. The molecule has 0 radical (unpaired) electrons. The Labute approximate surface area is 180 Å². The average molecular weight is 435 g/mol. The second kappa shape index (κ2) is 8.19. The van der Waals surface area contributed by atoms with Crippen LogP contribution >= 0.6 is 11.8 Å². The molecule has 0 aliphatic carbocycles.